The number of non-ortho nitro benzene ring substituents is 1. The van der Waals surface area contributed by atoms with Crippen molar-refractivity contribution < 1.29 is 45.3 Å². The number of carbonyl (C=O) groups excluding carboxylic acids is 1. The minimum atomic E-state index is -0.595. The van der Waals surface area contributed by atoms with Gasteiger partial charge in [0.25, 0.3) is 0 Å². The number of hydrogen-bond acceptors (Lipinski definition) is 8. The number of thioether (sulfide) groups is 1. The van der Waals surface area contributed by atoms with E-state index in [4.69, 9.17) is 12.2 Å². The summed E-state index contributed by atoms with van der Waals surface area (Å²) in [4.78, 5) is 22.0. The van der Waals surface area contributed by atoms with Crippen molar-refractivity contribution in [3.63, 3.8) is 0 Å². The molecular weight excluding hydrogens is 315 g/mol. The molecule has 0 bridgehead atoms. The molecule has 0 radical (unpaired) electrons. The predicted octanol–water partition coefficient (Wildman–Crippen LogP) is -1.56. The molecule has 1 fully saturated rings. The smallest absolute Gasteiger partial charge is 1.00 e. The molecule has 0 spiro atoms. The molecule has 0 aliphatic carbocycles. The molecule has 1 N–H and O–H groups in total. The molecule has 8 nitrogen and oxygen atoms in total. The second kappa shape index (κ2) is 5.74. The van der Waals surface area contributed by atoms with E-state index in [0.717, 1.165) is 11.8 Å². The maximum Gasteiger partial charge on any atom is 1.00 e. The Hall–Kier alpha value is -1.07. The van der Waals surface area contributed by atoms with Gasteiger partial charge in [0, 0.05) is 11.6 Å². The number of nitro benzene ring substituents is 1. The van der Waals surface area contributed by atoms with Gasteiger partial charge in [-0.15, -0.1) is 0 Å². The Morgan fingerprint density at radius 3 is 2.75 bits per heavy atom. The average molecular weight is 320 g/mol. The number of amides is 1. The zero-order valence-electron chi connectivity index (χ0n) is 11.0. The predicted molar refractivity (Wildman–Crippen MR) is 70.6 cm³/mol. The van der Waals surface area contributed by atoms with Crippen LogP contribution in [0.3, 0.4) is 0 Å². The first-order valence-corrected chi connectivity index (χ1v) is 6.28. The van der Waals surface area contributed by atoms with E-state index in [1.807, 2.05) is 0 Å². The Balaban J connectivity index is 0.00000110. The van der Waals surface area contributed by atoms with E-state index in [2.05, 4.69) is 20.3 Å². The second-order valence-corrected chi connectivity index (χ2v) is 5.45. The molecule has 11 heteroatoms. The number of hydrogen-bond donors (Lipinski definition) is 1. The fourth-order valence-electron chi connectivity index (χ4n) is 1.79. The first-order chi connectivity index (χ1) is 9.08. The van der Waals surface area contributed by atoms with Crippen molar-refractivity contribution in [1.82, 2.24) is 15.6 Å². The average Bonchev–Trinajstić information content (AvgIpc) is 2.94. The van der Waals surface area contributed by atoms with Gasteiger partial charge in [-0.25, -0.2) is 4.63 Å². The summed E-state index contributed by atoms with van der Waals surface area (Å²) < 4.78 is 4.90. The van der Waals surface area contributed by atoms with E-state index in [-0.39, 0.29) is 53.6 Å². The fraction of sp³-hybridized carbons (Fsp3) is 0.111. The molecule has 98 valence electrons. The summed E-state index contributed by atoms with van der Waals surface area (Å²) in [6.07, 6.45) is 0. The van der Waals surface area contributed by atoms with Crippen molar-refractivity contribution in [3.05, 3.63) is 27.8 Å². The molecule has 2 aromatic rings. The van der Waals surface area contributed by atoms with Crippen LogP contribution in [0.5, 0.6) is 0 Å². The van der Waals surface area contributed by atoms with E-state index in [1.54, 1.807) is 0 Å². The Kier molecular flexibility index (Phi) is 4.39. The zero-order chi connectivity index (χ0) is 13.6. The van der Waals surface area contributed by atoms with Crippen molar-refractivity contribution in [3.8, 4) is 0 Å². The first kappa shape index (κ1) is 15.3. The van der Waals surface area contributed by atoms with Gasteiger partial charge in [-0.3, -0.25) is 14.9 Å². The maximum atomic E-state index is 11.7. The topological polar surface area (TPSA) is 111 Å². The molecule has 0 saturated carbocycles. The minimum absolute atomic E-state index is 0. The van der Waals surface area contributed by atoms with E-state index in [1.165, 1.54) is 12.1 Å². The van der Waals surface area contributed by atoms with Crippen molar-refractivity contribution in [1.29, 1.82) is 0 Å². The number of rotatable bonds is 2. The standard InChI is InChI=1S/C9H4N4O4S2.Na.H/c14-8-7(19-9(18)10-8)3-1-2-4(13(15)16)6-5(3)11-17-12-6;;/h1-2,7H,(H,10,14,18);;/q;+1;-1. The van der Waals surface area contributed by atoms with Crippen molar-refractivity contribution in [2.45, 2.75) is 5.25 Å². The summed E-state index contributed by atoms with van der Waals surface area (Å²) in [5.41, 5.74) is 0.496. The largest absolute Gasteiger partial charge is 1.00 e. The Bertz CT molecular complexity index is 740. The number of benzene rings is 1. The van der Waals surface area contributed by atoms with Crippen LogP contribution in [0.25, 0.3) is 11.0 Å². The van der Waals surface area contributed by atoms with Crippen molar-refractivity contribution in [2.24, 2.45) is 0 Å². The van der Waals surface area contributed by atoms with Gasteiger partial charge in [0.05, 0.1) is 4.92 Å². The van der Waals surface area contributed by atoms with Crippen LogP contribution in [0.4, 0.5) is 5.69 Å². The Morgan fingerprint density at radius 2 is 2.15 bits per heavy atom. The quantitative estimate of drug-likeness (QED) is 0.306. The van der Waals surface area contributed by atoms with Crippen LogP contribution in [0.1, 0.15) is 12.2 Å². The number of nitro groups is 1. The summed E-state index contributed by atoms with van der Waals surface area (Å²) in [5, 5.41) is 19.9. The summed E-state index contributed by atoms with van der Waals surface area (Å²) >= 11 is 6.06. The summed E-state index contributed by atoms with van der Waals surface area (Å²) in [6, 6.07) is 2.74. The number of nitrogens with zero attached hydrogens (tertiary/aromatic N) is 3. The van der Waals surface area contributed by atoms with Gasteiger partial charge >= 0.3 is 35.2 Å². The molecule has 1 saturated heterocycles. The van der Waals surface area contributed by atoms with Gasteiger partial charge in [-0.1, -0.05) is 24.0 Å². The van der Waals surface area contributed by atoms with E-state index in [9.17, 15) is 14.9 Å². The molecular formula is C9H5N4NaO4S2. The monoisotopic (exact) mass is 320 g/mol. The summed E-state index contributed by atoms with van der Waals surface area (Å²) in [5.74, 6) is -0.284. The van der Waals surface area contributed by atoms with E-state index < -0.39 is 10.2 Å². The fourth-order valence-corrected chi connectivity index (χ4v) is 3.04. The Labute approximate surface area is 144 Å². The van der Waals surface area contributed by atoms with E-state index in [0.29, 0.717) is 9.88 Å². The summed E-state index contributed by atoms with van der Waals surface area (Å²) in [6.45, 7) is 0. The summed E-state index contributed by atoms with van der Waals surface area (Å²) in [7, 11) is 0. The van der Waals surface area contributed by atoms with Crippen LogP contribution in [-0.4, -0.2) is 25.5 Å². The molecule has 1 aliphatic rings. The van der Waals surface area contributed by atoms with Crippen LogP contribution in [0.2, 0.25) is 0 Å². The van der Waals surface area contributed by atoms with Gasteiger partial charge in [0.15, 0.2) is 0 Å². The minimum Gasteiger partial charge on any atom is -1.00 e. The third-order valence-electron chi connectivity index (χ3n) is 2.59. The molecule has 1 atom stereocenters. The third-order valence-corrected chi connectivity index (χ3v) is 4.00. The van der Waals surface area contributed by atoms with Crippen LogP contribution in [0, 0.1) is 10.1 Å². The second-order valence-electron chi connectivity index (χ2n) is 3.67. The number of thiocarbonyl (C=S) groups is 1. The molecule has 1 aromatic heterocycles. The third kappa shape index (κ3) is 2.44. The van der Waals surface area contributed by atoms with Crippen LogP contribution >= 0.6 is 24.0 Å². The maximum absolute atomic E-state index is 11.7. The van der Waals surface area contributed by atoms with Crippen molar-refractivity contribution >= 4 is 50.9 Å². The van der Waals surface area contributed by atoms with Gasteiger partial charge in [-0.05, 0) is 16.4 Å². The molecule has 3 rings (SSSR count). The normalized spacial score (nSPS) is 17.9. The molecule has 1 aromatic carbocycles. The number of carbonyl (C=O) groups is 1. The van der Waals surface area contributed by atoms with Crippen LogP contribution in [0.15, 0.2) is 16.8 Å². The Morgan fingerprint density at radius 1 is 1.45 bits per heavy atom. The number of fused-ring (bicyclic) bond motifs is 1. The zero-order valence-corrected chi connectivity index (χ0v) is 13.7. The van der Waals surface area contributed by atoms with Crippen LogP contribution in [-0.2, 0) is 4.79 Å². The van der Waals surface area contributed by atoms with Crippen LogP contribution < -0.4 is 34.9 Å². The van der Waals surface area contributed by atoms with E-state index >= 15 is 0 Å². The number of aromatic nitrogens is 2. The molecule has 20 heavy (non-hydrogen) atoms. The molecule has 1 aliphatic heterocycles. The van der Waals surface area contributed by atoms with Gasteiger partial charge < -0.3 is 6.74 Å². The van der Waals surface area contributed by atoms with Gasteiger partial charge in [-0.2, -0.15) is 0 Å². The van der Waals surface area contributed by atoms with Gasteiger partial charge in [0.2, 0.25) is 11.4 Å². The first-order valence-electron chi connectivity index (χ1n) is 4.99. The molecule has 1 unspecified atom stereocenters. The van der Waals surface area contributed by atoms with Crippen molar-refractivity contribution in [2.75, 3.05) is 0 Å². The molecule has 2 heterocycles. The number of nitrogens with one attached hydrogen (secondary N) is 1. The SMILES string of the molecule is O=C1NC(=S)SC1c1ccc([N+](=O)[O-])c2nonc12.[H-].[Na+]. The molecule has 1 amide bonds. The van der Waals surface area contributed by atoms with Gasteiger partial charge in [0.1, 0.15) is 15.1 Å².